The van der Waals surface area contributed by atoms with Crippen molar-refractivity contribution < 1.29 is 4.74 Å². The van der Waals surface area contributed by atoms with Gasteiger partial charge in [0.15, 0.2) is 0 Å². The molecule has 0 saturated heterocycles. The van der Waals surface area contributed by atoms with Gasteiger partial charge in [-0.25, -0.2) is 4.98 Å². The zero-order valence-electron chi connectivity index (χ0n) is 7.35. The lowest BCUT2D eigenvalue weighted by molar-refractivity contribution is 0.158. The first-order valence-corrected chi connectivity index (χ1v) is 5.08. The highest BCUT2D eigenvalue weighted by molar-refractivity contribution is 7.99. The van der Waals surface area contributed by atoms with Crippen LogP contribution < -0.4 is 5.73 Å². The summed E-state index contributed by atoms with van der Waals surface area (Å²) in [6, 6.07) is 0. The SMILES string of the molecule is NCCOCCSc1cnccn1. The zero-order valence-corrected chi connectivity index (χ0v) is 8.17. The van der Waals surface area contributed by atoms with Gasteiger partial charge in [-0.1, -0.05) is 0 Å². The highest BCUT2D eigenvalue weighted by atomic mass is 32.2. The van der Waals surface area contributed by atoms with Crippen molar-refractivity contribution in [2.45, 2.75) is 5.03 Å². The van der Waals surface area contributed by atoms with Crippen molar-refractivity contribution in [2.75, 3.05) is 25.5 Å². The molecule has 72 valence electrons. The van der Waals surface area contributed by atoms with E-state index >= 15 is 0 Å². The molecule has 0 atom stereocenters. The maximum absolute atomic E-state index is 5.27. The Kier molecular flexibility index (Phi) is 5.47. The average molecular weight is 199 g/mol. The van der Waals surface area contributed by atoms with Gasteiger partial charge in [-0.05, 0) is 0 Å². The molecule has 13 heavy (non-hydrogen) atoms. The summed E-state index contributed by atoms with van der Waals surface area (Å²) in [5, 5.41) is 0.929. The summed E-state index contributed by atoms with van der Waals surface area (Å²) >= 11 is 1.63. The van der Waals surface area contributed by atoms with E-state index in [9.17, 15) is 0 Å². The molecule has 0 fully saturated rings. The van der Waals surface area contributed by atoms with Crippen LogP contribution in [0, 0.1) is 0 Å². The Bertz CT molecular complexity index is 220. The molecular formula is C8H13N3OS. The van der Waals surface area contributed by atoms with Gasteiger partial charge in [-0.3, -0.25) is 4.98 Å². The van der Waals surface area contributed by atoms with Crippen molar-refractivity contribution in [3.8, 4) is 0 Å². The molecule has 0 bridgehead atoms. The summed E-state index contributed by atoms with van der Waals surface area (Å²) in [6.07, 6.45) is 5.09. The Balaban J connectivity index is 2.07. The van der Waals surface area contributed by atoms with Crippen molar-refractivity contribution in [3.63, 3.8) is 0 Å². The molecule has 0 amide bonds. The van der Waals surface area contributed by atoms with E-state index in [4.69, 9.17) is 10.5 Å². The van der Waals surface area contributed by atoms with Crippen molar-refractivity contribution in [1.82, 2.24) is 9.97 Å². The van der Waals surface area contributed by atoms with E-state index in [-0.39, 0.29) is 0 Å². The third-order valence-corrected chi connectivity index (χ3v) is 2.16. The Morgan fingerprint density at radius 2 is 2.31 bits per heavy atom. The van der Waals surface area contributed by atoms with E-state index in [1.807, 2.05) is 0 Å². The molecule has 0 saturated carbocycles. The predicted molar refractivity (Wildman–Crippen MR) is 52.6 cm³/mol. The number of hydrogen-bond donors (Lipinski definition) is 1. The van der Waals surface area contributed by atoms with E-state index < -0.39 is 0 Å². The normalized spacial score (nSPS) is 10.2. The van der Waals surface area contributed by atoms with Gasteiger partial charge in [-0.2, -0.15) is 0 Å². The standard InChI is InChI=1S/C8H13N3OS/c9-1-4-12-5-6-13-8-7-10-2-3-11-8/h2-3,7H,1,4-6,9H2. The maximum Gasteiger partial charge on any atom is 0.114 e. The number of thioether (sulfide) groups is 1. The minimum absolute atomic E-state index is 0.579. The fourth-order valence-electron chi connectivity index (χ4n) is 0.751. The second-order valence-electron chi connectivity index (χ2n) is 2.29. The molecular weight excluding hydrogens is 186 g/mol. The molecule has 1 aromatic rings. The minimum atomic E-state index is 0.579. The fraction of sp³-hybridized carbons (Fsp3) is 0.500. The number of ether oxygens (including phenoxy) is 1. The predicted octanol–water partition coefficient (Wildman–Crippen LogP) is 0.544. The van der Waals surface area contributed by atoms with Crippen LogP contribution in [0.1, 0.15) is 0 Å². The number of nitrogens with zero attached hydrogens (tertiary/aromatic N) is 2. The summed E-state index contributed by atoms with van der Waals surface area (Å²) in [5.74, 6) is 0.888. The molecule has 2 N–H and O–H groups in total. The van der Waals surface area contributed by atoms with Gasteiger partial charge in [-0.15, -0.1) is 11.8 Å². The molecule has 1 aromatic heterocycles. The lowest BCUT2D eigenvalue weighted by Gasteiger charge is -2.01. The van der Waals surface area contributed by atoms with E-state index in [1.165, 1.54) is 0 Å². The molecule has 0 spiro atoms. The van der Waals surface area contributed by atoms with E-state index in [1.54, 1.807) is 30.4 Å². The topological polar surface area (TPSA) is 61.0 Å². The summed E-state index contributed by atoms with van der Waals surface area (Å²) < 4.78 is 5.21. The Morgan fingerprint density at radius 3 is 3.00 bits per heavy atom. The van der Waals surface area contributed by atoms with Gasteiger partial charge in [0.1, 0.15) is 5.03 Å². The molecule has 0 unspecified atom stereocenters. The van der Waals surface area contributed by atoms with Crippen LogP contribution in [0.4, 0.5) is 0 Å². The van der Waals surface area contributed by atoms with E-state index in [0.29, 0.717) is 19.8 Å². The minimum Gasteiger partial charge on any atom is -0.379 e. The van der Waals surface area contributed by atoms with Crippen molar-refractivity contribution in [3.05, 3.63) is 18.6 Å². The molecule has 4 nitrogen and oxygen atoms in total. The Morgan fingerprint density at radius 1 is 1.38 bits per heavy atom. The molecule has 0 aliphatic heterocycles. The lowest BCUT2D eigenvalue weighted by Crippen LogP contribution is -2.09. The highest BCUT2D eigenvalue weighted by Crippen LogP contribution is 2.11. The smallest absolute Gasteiger partial charge is 0.114 e. The van der Waals surface area contributed by atoms with Crippen LogP contribution in [0.15, 0.2) is 23.6 Å². The molecule has 0 radical (unpaired) electrons. The van der Waals surface area contributed by atoms with Crippen LogP contribution in [0.2, 0.25) is 0 Å². The van der Waals surface area contributed by atoms with Crippen LogP contribution in [0.5, 0.6) is 0 Å². The summed E-state index contributed by atoms with van der Waals surface area (Å²) in [7, 11) is 0. The van der Waals surface area contributed by atoms with Gasteiger partial charge in [0, 0.05) is 24.7 Å². The second-order valence-corrected chi connectivity index (χ2v) is 3.41. The molecule has 1 rings (SSSR count). The summed E-state index contributed by atoms with van der Waals surface area (Å²) in [4.78, 5) is 8.07. The largest absolute Gasteiger partial charge is 0.379 e. The first kappa shape index (κ1) is 10.4. The summed E-state index contributed by atoms with van der Waals surface area (Å²) in [5.41, 5.74) is 5.27. The quantitative estimate of drug-likeness (QED) is 0.535. The van der Waals surface area contributed by atoms with Crippen molar-refractivity contribution in [1.29, 1.82) is 0 Å². The van der Waals surface area contributed by atoms with Crippen molar-refractivity contribution in [2.24, 2.45) is 5.73 Å². The Labute approximate surface area is 81.9 Å². The lowest BCUT2D eigenvalue weighted by atomic mass is 10.7. The number of nitrogens with two attached hydrogens (primary N) is 1. The first-order valence-electron chi connectivity index (χ1n) is 4.10. The van der Waals surface area contributed by atoms with Crippen molar-refractivity contribution >= 4 is 11.8 Å². The average Bonchev–Trinajstić information content (AvgIpc) is 2.19. The van der Waals surface area contributed by atoms with Gasteiger partial charge in [0.25, 0.3) is 0 Å². The fourth-order valence-corrected chi connectivity index (χ4v) is 1.43. The van der Waals surface area contributed by atoms with Crippen LogP contribution >= 0.6 is 11.8 Å². The zero-order chi connectivity index (χ0) is 9.36. The van der Waals surface area contributed by atoms with Crippen LogP contribution in [0.25, 0.3) is 0 Å². The number of rotatable bonds is 6. The third-order valence-electron chi connectivity index (χ3n) is 1.28. The molecule has 0 aliphatic carbocycles. The van der Waals surface area contributed by atoms with Gasteiger partial charge in [0.05, 0.1) is 19.4 Å². The highest BCUT2D eigenvalue weighted by Gasteiger charge is 1.93. The maximum atomic E-state index is 5.27. The second kappa shape index (κ2) is 6.82. The monoisotopic (exact) mass is 199 g/mol. The number of aromatic nitrogens is 2. The first-order chi connectivity index (χ1) is 6.43. The van der Waals surface area contributed by atoms with Gasteiger partial charge < -0.3 is 10.5 Å². The third kappa shape index (κ3) is 4.82. The van der Waals surface area contributed by atoms with E-state index in [0.717, 1.165) is 10.8 Å². The van der Waals surface area contributed by atoms with E-state index in [2.05, 4.69) is 9.97 Å². The number of hydrogen-bond acceptors (Lipinski definition) is 5. The Hall–Kier alpha value is -0.650. The van der Waals surface area contributed by atoms with Gasteiger partial charge >= 0.3 is 0 Å². The molecule has 0 aromatic carbocycles. The molecule has 0 aliphatic rings. The molecule has 5 heteroatoms. The van der Waals surface area contributed by atoms with Crippen LogP contribution in [0.3, 0.4) is 0 Å². The molecule has 1 heterocycles. The summed E-state index contributed by atoms with van der Waals surface area (Å²) in [6.45, 7) is 1.91. The van der Waals surface area contributed by atoms with Crippen LogP contribution in [-0.2, 0) is 4.74 Å². The van der Waals surface area contributed by atoms with Crippen LogP contribution in [-0.4, -0.2) is 35.5 Å². The van der Waals surface area contributed by atoms with Gasteiger partial charge in [0.2, 0.25) is 0 Å².